The van der Waals surface area contributed by atoms with E-state index in [2.05, 4.69) is 5.92 Å². The molecule has 3 N–H and O–H groups in total. The van der Waals surface area contributed by atoms with Crippen LogP contribution in [0.2, 0.25) is 0 Å². The average molecular weight is 203 g/mol. The number of carboxylic acids is 1. The van der Waals surface area contributed by atoms with Gasteiger partial charge in [-0.25, -0.2) is 4.79 Å². The molecule has 0 aliphatic heterocycles. The molecule has 1 aromatic carbocycles. The van der Waals surface area contributed by atoms with Gasteiger partial charge in [0.25, 0.3) is 0 Å². The van der Waals surface area contributed by atoms with E-state index < -0.39 is 11.7 Å². The Labute approximate surface area is 84.8 Å². The summed E-state index contributed by atoms with van der Waals surface area (Å²) in [5, 5.41) is 35.2. The third kappa shape index (κ3) is 2.17. The summed E-state index contributed by atoms with van der Waals surface area (Å²) in [4.78, 5) is 10.6. The van der Waals surface area contributed by atoms with E-state index in [1.54, 1.807) is 0 Å². The molecular weight excluding hydrogens is 198 g/mol. The topological polar surface area (TPSA) is 102 Å². The van der Waals surface area contributed by atoms with Crippen LogP contribution in [0.1, 0.15) is 15.9 Å². The highest BCUT2D eigenvalue weighted by Gasteiger charge is 2.12. The average Bonchev–Trinajstić information content (AvgIpc) is 2.16. The highest BCUT2D eigenvalue weighted by Crippen LogP contribution is 2.26. The predicted molar refractivity (Wildman–Crippen MR) is 49.2 cm³/mol. The molecule has 0 amide bonds. The van der Waals surface area contributed by atoms with Gasteiger partial charge in [-0.2, -0.15) is 5.26 Å². The summed E-state index contributed by atoms with van der Waals surface area (Å²) in [5.41, 5.74) is -0.401. The molecule has 5 nitrogen and oxygen atoms in total. The summed E-state index contributed by atoms with van der Waals surface area (Å²) < 4.78 is 0. The molecule has 1 rings (SSSR count). The van der Waals surface area contributed by atoms with E-state index in [0.29, 0.717) is 0 Å². The van der Waals surface area contributed by atoms with Crippen molar-refractivity contribution in [3.8, 4) is 29.4 Å². The SMILES string of the molecule is N#CC#Cc1cc(C(=O)O)c(O)cc1O. The van der Waals surface area contributed by atoms with Gasteiger partial charge < -0.3 is 15.3 Å². The number of phenolic OH excluding ortho intramolecular Hbond substituents is 1. The van der Waals surface area contributed by atoms with Crippen LogP contribution in [0.3, 0.4) is 0 Å². The van der Waals surface area contributed by atoms with Crippen LogP contribution >= 0.6 is 0 Å². The van der Waals surface area contributed by atoms with Crippen LogP contribution in [-0.2, 0) is 0 Å². The molecule has 0 aromatic heterocycles. The lowest BCUT2D eigenvalue weighted by Gasteiger charge is -2.02. The van der Waals surface area contributed by atoms with E-state index >= 15 is 0 Å². The molecule has 15 heavy (non-hydrogen) atoms. The summed E-state index contributed by atoms with van der Waals surface area (Å²) in [6.45, 7) is 0. The van der Waals surface area contributed by atoms with Gasteiger partial charge >= 0.3 is 5.97 Å². The number of benzene rings is 1. The fourth-order valence-electron chi connectivity index (χ4n) is 0.944. The number of hydrogen-bond donors (Lipinski definition) is 3. The zero-order valence-electron chi connectivity index (χ0n) is 7.35. The Kier molecular flexibility index (Phi) is 2.80. The molecule has 5 heteroatoms. The van der Waals surface area contributed by atoms with Gasteiger partial charge in [-0.1, -0.05) is 0 Å². The van der Waals surface area contributed by atoms with Crippen molar-refractivity contribution in [3.63, 3.8) is 0 Å². The Morgan fingerprint density at radius 3 is 2.47 bits per heavy atom. The molecule has 0 aliphatic rings. The van der Waals surface area contributed by atoms with Crippen LogP contribution in [-0.4, -0.2) is 21.3 Å². The van der Waals surface area contributed by atoms with Crippen molar-refractivity contribution in [2.45, 2.75) is 0 Å². The number of nitriles is 1. The number of nitrogens with zero attached hydrogens (tertiary/aromatic N) is 1. The number of aromatic carboxylic acids is 1. The van der Waals surface area contributed by atoms with Gasteiger partial charge in [0.15, 0.2) is 6.07 Å². The van der Waals surface area contributed by atoms with Crippen LogP contribution < -0.4 is 0 Å². The van der Waals surface area contributed by atoms with E-state index in [9.17, 15) is 9.90 Å². The third-order valence-corrected chi connectivity index (χ3v) is 1.60. The molecule has 0 saturated carbocycles. The molecule has 0 fully saturated rings. The van der Waals surface area contributed by atoms with Crippen molar-refractivity contribution in [1.29, 1.82) is 5.26 Å². The minimum atomic E-state index is -1.34. The second-order valence-electron chi connectivity index (χ2n) is 2.55. The van der Waals surface area contributed by atoms with Crippen molar-refractivity contribution in [3.05, 3.63) is 23.3 Å². The van der Waals surface area contributed by atoms with Gasteiger partial charge in [-0.15, -0.1) is 0 Å². The molecule has 1 aromatic rings. The molecule has 0 radical (unpaired) electrons. The fourth-order valence-corrected chi connectivity index (χ4v) is 0.944. The first-order chi connectivity index (χ1) is 7.06. The predicted octanol–water partition coefficient (Wildman–Crippen LogP) is 0.671. The van der Waals surface area contributed by atoms with Crippen LogP contribution in [0.5, 0.6) is 11.5 Å². The van der Waals surface area contributed by atoms with E-state index in [0.717, 1.165) is 12.1 Å². The maximum atomic E-state index is 10.6. The highest BCUT2D eigenvalue weighted by molar-refractivity contribution is 5.91. The minimum Gasteiger partial charge on any atom is -0.507 e. The van der Waals surface area contributed by atoms with Crippen LogP contribution in [0.15, 0.2) is 12.1 Å². The molecule has 0 heterocycles. The standard InChI is InChI=1S/C10H5NO4/c11-3-1-2-6-4-7(10(14)15)9(13)5-8(6)12/h4-5,12-13H,(H,14,15). The minimum absolute atomic E-state index is 0.0215. The molecule has 0 aliphatic carbocycles. The third-order valence-electron chi connectivity index (χ3n) is 1.60. The van der Waals surface area contributed by atoms with Gasteiger partial charge in [0.1, 0.15) is 17.1 Å². The highest BCUT2D eigenvalue weighted by atomic mass is 16.4. The first-order valence-corrected chi connectivity index (χ1v) is 3.75. The van der Waals surface area contributed by atoms with Crippen LogP contribution in [0, 0.1) is 23.2 Å². The van der Waals surface area contributed by atoms with Crippen molar-refractivity contribution < 1.29 is 20.1 Å². The van der Waals surface area contributed by atoms with Crippen LogP contribution in [0.4, 0.5) is 0 Å². The first kappa shape index (κ1) is 10.4. The molecule has 74 valence electrons. The lowest BCUT2D eigenvalue weighted by Crippen LogP contribution is -1.97. The van der Waals surface area contributed by atoms with Gasteiger partial charge in [-0.05, 0) is 12.0 Å². The molecule has 0 bridgehead atoms. The molecule has 0 atom stereocenters. The van der Waals surface area contributed by atoms with Gasteiger partial charge in [-0.3, -0.25) is 0 Å². The van der Waals surface area contributed by atoms with E-state index in [-0.39, 0.29) is 16.9 Å². The lowest BCUT2D eigenvalue weighted by atomic mass is 10.1. The van der Waals surface area contributed by atoms with Gasteiger partial charge in [0, 0.05) is 12.0 Å². The van der Waals surface area contributed by atoms with Crippen molar-refractivity contribution in [2.75, 3.05) is 0 Å². The zero-order valence-corrected chi connectivity index (χ0v) is 7.35. The van der Waals surface area contributed by atoms with E-state index in [4.69, 9.17) is 15.5 Å². The maximum absolute atomic E-state index is 10.6. The quantitative estimate of drug-likeness (QED) is 0.582. The van der Waals surface area contributed by atoms with Crippen molar-refractivity contribution in [1.82, 2.24) is 0 Å². The molecule has 0 spiro atoms. The summed E-state index contributed by atoms with van der Waals surface area (Å²) in [6.07, 6.45) is 0. The normalized spacial score (nSPS) is 8.47. The number of hydrogen-bond acceptors (Lipinski definition) is 4. The number of carboxylic acid groups (broad SMARTS) is 1. The zero-order chi connectivity index (χ0) is 11.4. The summed E-state index contributed by atoms with van der Waals surface area (Å²) in [7, 11) is 0. The van der Waals surface area contributed by atoms with Crippen LogP contribution in [0.25, 0.3) is 0 Å². The first-order valence-electron chi connectivity index (χ1n) is 3.75. The Bertz CT molecular complexity index is 517. The second kappa shape index (κ2) is 4.03. The second-order valence-corrected chi connectivity index (χ2v) is 2.55. The van der Waals surface area contributed by atoms with Crippen molar-refractivity contribution in [2.24, 2.45) is 0 Å². The molecule has 0 unspecified atom stereocenters. The Balaban J connectivity index is 3.37. The van der Waals surface area contributed by atoms with Gasteiger partial charge in [0.05, 0.1) is 5.56 Å². The Hall–Kier alpha value is -2.66. The number of aromatic hydroxyl groups is 2. The summed E-state index contributed by atoms with van der Waals surface area (Å²) >= 11 is 0. The smallest absolute Gasteiger partial charge is 0.339 e. The summed E-state index contributed by atoms with van der Waals surface area (Å²) in [5.74, 6) is 1.99. The van der Waals surface area contributed by atoms with E-state index in [1.165, 1.54) is 6.07 Å². The number of phenols is 2. The Morgan fingerprint density at radius 2 is 1.93 bits per heavy atom. The van der Waals surface area contributed by atoms with Gasteiger partial charge in [0.2, 0.25) is 0 Å². The summed E-state index contributed by atoms with van der Waals surface area (Å²) in [6, 6.07) is 3.39. The molecule has 0 saturated heterocycles. The Morgan fingerprint density at radius 1 is 1.27 bits per heavy atom. The van der Waals surface area contributed by atoms with Crippen molar-refractivity contribution >= 4 is 5.97 Å². The largest absolute Gasteiger partial charge is 0.507 e. The lowest BCUT2D eigenvalue weighted by molar-refractivity contribution is 0.0693. The number of rotatable bonds is 1. The fraction of sp³-hybridized carbons (Fsp3) is 0. The maximum Gasteiger partial charge on any atom is 0.339 e. The van der Waals surface area contributed by atoms with E-state index in [1.807, 2.05) is 5.92 Å². The number of carbonyl (C=O) groups is 1. The monoisotopic (exact) mass is 203 g/mol. The molecular formula is C10H5NO4.